The minimum absolute atomic E-state index is 0.197. The van der Waals surface area contributed by atoms with Crippen molar-refractivity contribution in [1.29, 1.82) is 5.26 Å². The highest BCUT2D eigenvalue weighted by Crippen LogP contribution is 2.34. The van der Waals surface area contributed by atoms with Gasteiger partial charge < -0.3 is 15.0 Å². The van der Waals surface area contributed by atoms with Crippen LogP contribution in [0.3, 0.4) is 0 Å². The normalized spacial score (nSPS) is 10.2. The zero-order chi connectivity index (χ0) is 19.1. The fourth-order valence-corrected chi connectivity index (χ4v) is 3.47. The Morgan fingerprint density at radius 1 is 1.35 bits per heavy atom. The molecule has 0 aliphatic carbocycles. The molecule has 1 heterocycles. The number of hydrogen-bond donors (Lipinski definition) is 1. The van der Waals surface area contributed by atoms with Crippen LogP contribution in [0.15, 0.2) is 24.3 Å². The molecule has 0 bridgehead atoms. The molecule has 1 N–H and O–H groups in total. The first kappa shape index (κ1) is 19.7. The summed E-state index contributed by atoms with van der Waals surface area (Å²) in [5.41, 5.74) is 0. The standard InChI is InChI=1S/C17H16ClN3O4S/c1-21(8-4-7-19)13(22)10-25-14(23)9-20-17(24)16-15(18)11-5-2-3-6-12(11)26-16/h2-3,5-6H,4,8-10H2,1H3,(H,20,24). The summed E-state index contributed by atoms with van der Waals surface area (Å²) in [6, 6.07) is 9.26. The predicted octanol–water partition coefficient (Wildman–Crippen LogP) is 2.20. The quantitative estimate of drug-likeness (QED) is 0.727. The van der Waals surface area contributed by atoms with Crippen LogP contribution in [0.5, 0.6) is 0 Å². The van der Waals surface area contributed by atoms with Gasteiger partial charge >= 0.3 is 5.97 Å². The third-order valence-corrected chi connectivity index (χ3v) is 5.15. The molecule has 0 aliphatic heterocycles. The molecule has 0 radical (unpaired) electrons. The van der Waals surface area contributed by atoms with Gasteiger partial charge in [0.1, 0.15) is 11.4 Å². The van der Waals surface area contributed by atoms with Crippen LogP contribution in [0, 0.1) is 11.3 Å². The molecular weight excluding hydrogens is 378 g/mol. The van der Waals surface area contributed by atoms with Crippen LogP contribution in [-0.2, 0) is 14.3 Å². The average Bonchev–Trinajstić information content (AvgIpc) is 2.99. The fourth-order valence-electron chi connectivity index (χ4n) is 2.04. The SMILES string of the molecule is CN(CCC#N)C(=O)COC(=O)CNC(=O)c1sc2ccccc2c1Cl. The smallest absolute Gasteiger partial charge is 0.325 e. The predicted molar refractivity (Wildman–Crippen MR) is 98.0 cm³/mol. The van der Waals surface area contributed by atoms with E-state index in [0.717, 1.165) is 10.1 Å². The number of ether oxygens (including phenoxy) is 1. The van der Waals surface area contributed by atoms with Gasteiger partial charge in [0.2, 0.25) is 0 Å². The minimum Gasteiger partial charge on any atom is -0.454 e. The zero-order valence-corrected chi connectivity index (χ0v) is 15.5. The zero-order valence-electron chi connectivity index (χ0n) is 14.0. The molecule has 2 rings (SSSR count). The second kappa shape index (κ2) is 9.17. The van der Waals surface area contributed by atoms with Crippen LogP contribution in [0.1, 0.15) is 16.1 Å². The Morgan fingerprint density at radius 2 is 2.08 bits per heavy atom. The minimum atomic E-state index is -0.738. The molecule has 26 heavy (non-hydrogen) atoms. The van der Waals surface area contributed by atoms with Crippen molar-refractivity contribution in [3.63, 3.8) is 0 Å². The number of hydrogen-bond acceptors (Lipinski definition) is 6. The third kappa shape index (κ3) is 4.94. The molecule has 0 unspecified atom stereocenters. The number of nitrogens with one attached hydrogen (secondary N) is 1. The number of nitriles is 1. The van der Waals surface area contributed by atoms with Gasteiger partial charge in [-0.3, -0.25) is 14.4 Å². The van der Waals surface area contributed by atoms with E-state index in [1.807, 2.05) is 30.3 Å². The van der Waals surface area contributed by atoms with E-state index in [4.69, 9.17) is 21.6 Å². The lowest BCUT2D eigenvalue weighted by molar-refractivity contribution is -0.150. The Kier molecular flexibility index (Phi) is 6.95. The van der Waals surface area contributed by atoms with Gasteiger partial charge in [0.15, 0.2) is 6.61 Å². The lowest BCUT2D eigenvalue weighted by Gasteiger charge is -2.15. The van der Waals surface area contributed by atoms with Crippen molar-refractivity contribution >= 4 is 50.8 Å². The first-order chi connectivity index (χ1) is 12.4. The molecule has 136 valence electrons. The van der Waals surface area contributed by atoms with E-state index in [-0.39, 0.29) is 19.5 Å². The van der Waals surface area contributed by atoms with Gasteiger partial charge in [0, 0.05) is 23.7 Å². The van der Waals surface area contributed by atoms with E-state index in [0.29, 0.717) is 9.90 Å². The maximum absolute atomic E-state index is 12.2. The second-order valence-electron chi connectivity index (χ2n) is 5.31. The molecule has 0 aliphatic rings. The van der Waals surface area contributed by atoms with Gasteiger partial charge in [-0.1, -0.05) is 29.8 Å². The van der Waals surface area contributed by atoms with Gasteiger partial charge in [-0.2, -0.15) is 5.26 Å². The Balaban J connectivity index is 1.83. The summed E-state index contributed by atoms with van der Waals surface area (Å²) in [5, 5.41) is 12.0. The second-order valence-corrected chi connectivity index (χ2v) is 6.74. The van der Waals surface area contributed by atoms with Crippen molar-refractivity contribution in [3.05, 3.63) is 34.2 Å². The van der Waals surface area contributed by atoms with Crippen LogP contribution in [0.25, 0.3) is 10.1 Å². The van der Waals surface area contributed by atoms with Gasteiger partial charge in [0.05, 0.1) is 17.5 Å². The average molecular weight is 394 g/mol. The number of carbonyl (C=O) groups is 3. The molecule has 0 saturated heterocycles. The monoisotopic (exact) mass is 393 g/mol. The van der Waals surface area contributed by atoms with Crippen LogP contribution < -0.4 is 5.32 Å². The van der Waals surface area contributed by atoms with Crippen molar-refractivity contribution in [2.75, 3.05) is 26.7 Å². The number of rotatable bonds is 7. The van der Waals surface area contributed by atoms with Gasteiger partial charge in [-0.25, -0.2) is 0 Å². The van der Waals surface area contributed by atoms with E-state index in [9.17, 15) is 14.4 Å². The number of likely N-dealkylation sites (N-methyl/N-ethyl adjacent to an activating group) is 1. The van der Waals surface area contributed by atoms with Crippen molar-refractivity contribution in [1.82, 2.24) is 10.2 Å². The summed E-state index contributed by atoms with van der Waals surface area (Å²) in [5.74, 6) is -1.64. The molecule has 0 saturated carbocycles. The lowest BCUT2D eigenvalue weighted by Crippen LogP contribution is -2.35. The first-order valence-electron chi connectivity index (χ1n) is 7.65. The highest BCUT2D eigenvalue weighted by atomic mass is 35.5. The maximum atomic E-state index is 12.2. The van der Waals surface area contributed by atoms with E-state index in [1.165, 1.54) is 23.3 Å². The van der Waals surface area contributed by atoms with Crippen molar-refractivity contribution in [3.8, 4) is 6.07 Å². The van der Waals surface area contributed by atoms with E-state index in [2.05, 4.69) is 5.32 Å². The molecular formula is C17H16ClN3O4S. The highest BCUT2D eigenvalue weighted by Gasteiger charge is 2.18. The van der Waals surface area contributed by atoms with E-state index >= 15 is 0 Å². The van der Waals surface area contributed by atoms with Crippen molar-refractivity contribution < 1.29 is 19.1 Å². The molecule has 0 atom stereocenters. The molecule has 1 aromatic carbocycles. The first-order valence-corrected chi connectivity index (χ1v) is 8.85. The van der Waals surface area contributed by atoms with E-state index < -0.39 is 24.4 Å². The Labute approximate surface area is 159 Å². The fraction of sp³-hybridized carbons (Fsp3) is 0.294. The number of amides is 2. The van der Waals surface area contributed by atoms with Crippen LogP contribution in [-0.4, -0.2) is 49.4 Å². The van der Waals surface area contributed by atoms with E-state index in [1.54, 1.807) is 0 Å². The lowest BCUT2D eigenvalue weighted by atomic mass is 10.2. The molecule has 9 heteroatoms. The highest BCUT2D eigenvalue weighted by molar-refractivity contribution is 7.21. The summed E-state index contributed by atoms with van der Waals surface area (Å²) in [7, 11) is 1.51. The topological polar surface area (TPSA) is 99.5 Å². The van der Waals surface area contributed by atoms with Crippen LogP contribution >= 0.6 is 22.9 Å². The molecule has 0 fully saturated rings. The van der Waals surface area contributed by atoms with Crippen molar-refractivity contribution in [2.24, 2.45) is 0 Å². The summed E-state index contributed by atoms with van der Waals surface area (Å²) >= 11 is 7.44. The number of thiophene rings is 1. The number of carbonyl (C=O) groups excluding carboxylic acids is 3. The van der Waals surface area contributed by atoms with Gasteiger partial charge in [-0.15, -0.1) is 11.3 Å². The van der Waals surface area contributed by atoms with Crippen LogP contribution in [0.2, 0.25) is 5.02 Å². The van der Waals surface area contributed by atoms with Gasteiger partial charge in [0.25, 0.3) is 11.8 Å². The van der Waals surface area contributed by atoms with Crippen molar-refractivity contribution in [2.45, 2.75) is 6.42 Å². The Bertz CT molecular complexity index is 875. The molecule has 2 aromatic rings. The number of fused-ring (bicyclic) bond motifs is 1. The third-order valence-electron chi connectivity index (χ3n) is 3.48. The summed E-state index contributed by atoms with van der Waals surface area (Å²) in [4.78, 5) is 37.2. The number of nitrogens with zero attached hydrogens (tertiary/aromatic N) is 2. The van der Waals surface area contributed by atoms with Gasteiger partial charge in [-0.05, 0) is 6.07 Å². The molecule has 2 amide bonds. The number of esters is 1. The van der Waals surface area contributed by atoms with Crippen LogP contribution in [0.4, 0.5) is 0 Å². The molecule has 0 spiro atoms. The summed E-state index contributed by atoms with van der Waals surface area (Å²) in [6.45, 7) is -0.563. The Morgan fingerprint density at radius 3 is 2.77 bits per heavy atom. The Hall–Kier alpha value is -2.63. The number of halogens is 1. The number of benzene rings is 1. The summed E-state index contributed by atoms with van der Waals surface area (Å²) < 4.78 is 5.69. The maximum Gasteiger partial charge on any atom is 0.325 e. The molecule has 7 nitrogen and oxygen atoms in total. The summed E-state index contributed by atoms with van der Waals surface area (Å²) in [6.07, 6.45) is 0.197. The molecule has 1 aromatic heterocycles. The largest absolute Gasteiger partial charge is 0.454 e.